The monoisotopic (exact) mass is 310 g/mol. The van der Waals surface area contributed by atoms with Gasteiger partial charge in [-0.25, -0.2) is 8.78 Å². The number of anilines is 1. The van der Waals surface area contributed by atoms with Crippen LogP contribution < -0.4 is 11.1 Å². The number of primary amides is 1. The standard InChI is InChI=1S/C15H13ClF2N2O/c1-8(9-4-10(17)6-11(18)5-9)20-12-2-3-13(15(19)21)14(16)7-12/h2-8,20H,1H3,(H2,19,21). The summed E-state index contributed by atoms with van der Waals surface area (Å²) in [4.78, 5) is 11.1. The molecule has 1 atom stereocenters. The molecule has 0 spiro atoms. The third-order valence-corrected chi connectivity index (χ3v) is 3.32. The third-order valence-electron chi connectivity index (χ3n) is 3.00. The molecule has 3 N–H and O–H groups in total. The van der Waals surface area contributed by atoms with Crippen LogP contribution in [-0.4, -0.2) is 5.91 Å². The number of nitrogens with two attached hydrogens (primary N) is 1. The Labute approximate surface area is 125 Å². The predicted octanol–water partition coefficient (Wildman–Crippen LogP) is 3.89. The number of hydrogen-bond donors (Lipinski definition) is 2. The molecule has 0 aliphatic carbocycles. The van der Waals surface area contributed by atoms with E-state index in [1.54, 1.807) is 13.0 Å². The zero-order chi connectivity index (χ0) is 15.6. The van der Waals surface area contributed by atoms with Gasteiger partial charge in [-0.15, -0.1) is 0 Å². The fourth-order valence-electron chi connectivity index (χ4n) is 1.96. The Balaban J connectivity index is 2.21. The van der Waals surface area contributed by atoms with Crippen LogP contribution in [0.3, 0.4) is 0 Å². The molecule has 2 rings (SSSR count). The van der Waals surface area contributed by atoms with Crippen LogP contribution >= 0.6 is 11.6 Å². The van der Waals surface area contributed by atoms with E-state index in [0.717, 1.165) is 6.07 Å². The van der Waals surface area contributed by atoms with Crippen molar-refractivity contribution in [1.82, 2.24) is 0 Å². The summed E-state index contributed by atoms with van der Waals surface area (Å²) in [5.74, 6) is -1.90. The minimum absolute atomic E-state index is 0.213. The molecule has 110 valence electrons. The Morgan fingerprint density at radius 2 is 1.81 bits per heavy atom. The van der Waals surface area contributed by atoms with Crippen LogP contribution in [-0.2, 0) is 0 Å². The number of halogens is 3. The molecule has 0 aromatic heterocycles. The Morgan fingerprint density at radius 3 is 2.33 bits per heavy atom. The Bertz CT molecular complexity index is 671. The first-order valence-electron chi connectivity index (χ1n) is 6.18. The van der Waals surface area contributed by atoms with E-state index in [1.165, 1.54) is 24.3 Å². The van der Waals surface area contributed by atoms with Gasteiger partial charge in [0.1, 0.15) is 11.6 Å². The van der Waals surface area contributed by atoms with Gasteiger partial charge in [0.15, 0.2) is 0 Å². The number of carbonyl (C=O) groups excluding carboxylic acids is 1. The second kappa shape index (κ2) is 6.10. The van der Waals surface area contributed by atoms with Crippen LogP contribution in [0.2, 0.25) is 5.02 Å². The highest BCUT2D eigenvalue weighted by Gasteiger charge is 2.11. The smallest absolute Gasteiger partial charge is 0.250 e. The molecule has 0 saturated heterocycles. The van der Waals surface area contributed by atoms with Crippen molar-refractivity contribution >= 4 is 23.2 Å². The molecular formula is C15H13ClF2N2O. The van der Waals surface area contributed by atoms with E-state index in [2.05, 4.69) is 5.32 Å². The minimum atomic E-state index is -0.638. The molecule has 0 bridgehead atoms. The molecule has 0 saturated carbocycles. The van der Waals surface area contributed by atoms with Crippen LogP contribution in [0.5, 0.6) is 0 Å². The summed E-state index contributed by atoms with van der Waals surface area (Å²) in [6.07, 6.45) is 0. The first-order chi connectivity index (χ1) is 9.86. The SMILES string of the molecule is CC(Nc1ccc(C(N)=O)c(Cl)c1)c1cc(F)cc(F)c1. The molecule has 2 aromatic carbocycles. The summed E-state index contributed by atoms with van der Waals surface area (Å²) in [6, 6.07) is 7.62. The van der Waals surface area contributed by atoms with Crippen molar-refractivity contribution in [2.75, 3.05) is 5.32 Å². The lowest BCUT2D eigenvalue weighted by Crippen LogP contribution is -2.12. The lowest BCUT2D eigenvalue weighted by atomic mass is 10.1. The average molecular weight is 311 g/mol. The average Bonchev–Trinajstić information content (AvgIpc) is 2.37. The number of carbonyl (C=O) groups is 1. The second-order valence-electron chi connectivity index (χ2n) is 4.63. The topological polar surface area (TPSA) is 55.1 Å². The summed E-state index contributed by atoms with van der Waals surface area (Å²) in [5, 5.41) is 3.26. The Hall–Kier alpha value is -2.14. The number of hydrogen-bond acceptors (Lipinski definition) is 2. The van der Waals surface area contributed by atoms with Gasteiger partial charge >= 0.3 is 0 Å². The van der Waals surface area contributed by atoms with Gasteiger partial charge < -0.3 is 11.1 Å². The Kier molecular flexibility index (Phi) is 4.43. The summed E-state index contributed by atoms with van der Waals surface area (Å²) in [6.45, 7) is 1.75. The highest BCUT2D eigenvalue weighted by molar-refractivity contribution is 6.34. The molecule has 3 nitrogen and oxygen atoms in total. The minimum Gasteiger partial charge on any atom is -0.378 e. The maximum Gasteiger partial charge on any atom is 0.250 e. The number of benzene rings is 2. The molecule has 0 heterocycles. The van der Waals surface area contributed by atoms with Crippen molar-refractivity contribution in [3.8, 4) is 0 Å². The summed E-state index contributed by atoms with van der Waals surface area (Å²) in [7, 11) is 0. The molecule has 0 fully saturated rings. The molecule has 2 aromatic rings. The molecule has 0 radical (unpaired) electrons. The molecule has 21 heavy (non-hydrogen) atoms. The van der Waals surface area contributed by atoms with Gasteiger partial charge in [0.2, 0.25) is 5.91 Å². The largest absolute Gasteiger partial charge is 0.378 e. The zero-order valence-electron chi connectivity index (χ0n) is 11.2. The van der Waals surface area contributed by atoms with Crippen molar-refractivity contribution in [2.24, 2.45) is 5.73 Å². The molecule has 1 unspecified atom stereocenters. The Morgan fingerprint density at radius 1 is 1.19 bits per heavy atom. The van der Waals surface area contributed by atoms with Gasteiger partial charge in [-0.3, -0.25) is 4.79 Å². The van der Waals surface area contributed by atoms with Crippen LogP contribution in [0, 0.1) is 11.6 Å². The van der Waals surface area contributed by atoms with Gasteiger partial charge in [0, 0.05) is 17.8 Å². The van der Waals surface area contributed by atoms with Crippen LogP contribution in [0.15, 0.2) is 36.4 Å². The third kappa shape index (κ3) is 3.70. The molecule has 0 aliphatic rings. The van der Waals surface area contributed by atoms with Crippen molar-refractivity contribution in [2.45, 2.75) is 13.0 Å². The maximum atomic E-state index is 13.2. The van der Waals surface area contributed by atoms with E-state index in [1.807, 2.05) is 0 Å². The van der Waals surface area contributed by atoms with E-state index in [9.17, 15) is 13.6 Å². The van der Waals surface area contributed by atoms with Gasteiger partial charge in [-0.2, -0.15) is 0 Å². The van der Waals surface area contributed by atoms with Crippen molar-refractivity contribution < 1.29 is 13.6 Å². The van der Waals surface area contributed by atoms with Gasteiger partial charge in [-0.05, 0) is 42.8 Å². The molecule has 1 amide bonds. The second-order valence-corrected chi connectivity index (χ2v) is 5.03. The van der Waals surface area contributed by atoms with E-state index < -0.39 is 17.5 Å². The summed E-state index contributed by atoms with van der Waals surface area (Å²) in [5.41, 5.74) is 6.45. The fraction of sp³-hybridized carbons (Fsp3) is 0.133. The molecule has 0 aliphatic heterocycles. The number of rotatable bonds is 4. The fourth-order valence-corrected chi connectivity index (χ4v) is 2.24. The normalized spacial score (nSPS) is 12.0. The molecule has 6 heteroatoms. The highest BCUT2D eigenvalue weighted by Crippen LogP contribution is 2.25. The van der Waals surface area contributed by atoms with E-state index in [4.69, 9.17) is 17.3 Å². The lowest BCUT2D eigenvalue weighted by molar-refractivity contribution is 0.100. The van der Waals surface area contributed by atoms with E-state index in [0.29, 0.717) is 11.3 Å². The van der Waals surface area contributed by atoms with Crippen LogP contribution in [0.1, 0.15) is 28.9 Å². The van der Waals surface area contributed by atoms with E-state index in [-0.39, 0.29) is 16.6 Å². The van der Waals surface area contributed by atoms with Crippen molar-refractivity contribution in [1.29, 1.82) is 0 Å². The zero-order valence-corrected chi connectivity index (χ0v) is 11.9. The van der Waals surface area contributed by atoms with E-state index >= 15 is 0 Å². The lowest BCUT2D eigenvalue weighted by Gasteiger charge is -2.16. The van der Waals surface area contributed by atoms with Gasteiger partial charge in [0.05, 0.1) is 10.6 Å². The summed E-state index contributed by atoms with van der Waals surface area (Å²) < 4.78 is 26.4. The first-order valence-corrected chi connectivity index (χ1v) is 6.56. The number of amides is 1. The van der Waals surface area contributed by atoms with Gasteiger partial charge in [-0.1, -0.05) is 11.6 Å². The number of nitrogens with one attached hydrogen (secondary N) is 1. The van der Waals surface area contributed by atoms with Gasteiger partial charge in [0.25, 0.3) is 0 Å². The predicted molar refractivity (Wildman–Crippen MR) is 78.4 cm³/mol. The van der Waals surface area contributed by atoms with Crippen LogP contribution in [0.4, 0.5) is 14.5 Å². The summed E-state index contributed by atoms with van der Waals surface area (Å²) >= 11 is 5.94. The quantitative estimate of drug-likeness (QED) is 0.900. The first kappa shape index (κ1) is 15.3. The highest BCUT2D eigenvalue weighted by atomic mass is 35.5. The van der Waals surface area contributed by atoms with Crippen LogP contribution in [0.25, 0.3) is 0 Å². The molecular weight excluding hydrogens is 298 g/mol. The van der Waals surface area contributed by atoms with Crippen molar-refractivity contribution in [3.05, 3.63) is 64.2 Å². The maximum absolute atomic E-state index is 13.2. The van der Waals surface area contributed by atoms with Crippen molar-refractivity contribution in [3.63, 3.8) is 0 Å².